The quantitative estimate of drug-likeness (QED) is 0.490. The molecular weight excluding hydrogens is 293 g/mol. The van der Waals surface area contributed by atoms with Crippen LogP contribution < -0.4 is 11.4 Å². The number of nitrogen functional groups attached to an aromatic ring is 1. The van der Waals surface area contributed by atoms with Crippen LogP contribution in [-0.2, 0) is 13.8 Å². The van der Waals surface area contributed by atoms with Gasteiger partial charge in [0.25, 0.3) is 0 Å². The van der Waals surface area contributed by atoms with Gasteiger partial charge in [-0.15, -0.1) is 0 Å². The van der Waals surface area contributed by atoms with E-state index in [4.69, 9.17) is 20.3 Å². The average Bonchev–Trinajstić information content (AvgIpc) is 2.67. The number of ether oxygens (including phenoxy) is 1. The minimum Gasteiger partial charge on any atom is -0.388 e. The Bertz CT molecular complexity index is 585. The van der Waals surface area contributed by atoms with Crippen molar-refractivity contribution >= 4 is 13.6 Å². The van der Waals surface area contributed by atoms with E-state index in [0.717, 1.165) is 4.57 Å². The van der Waals surface area contributed by atoms with Gasteiger partial charge in [-0.3, -0.25) is 9.09 Å². The van der Waals surface area contributed by atoms with Gasteiger partial charge in [0.2, 0.25) is 0 Å². The number of aliphatic hydroxyl groups is 1. The first-order valence-electron chi connectivity index (χ1n) is 5.64. The van der Waals surface area contributed by atoms with Crippen LogP contribution in [0.2, 0.25) is 0 Å². The predicted octanol–water partition coefficient (Wildman–Crippen LogP) is -1.42. The van der Waals surface area contributed by atoms with Crippen molar-refractivity contribution in [2.45, 2.75) is 24.9 Å². The first kappa shape index (κ1) is 15.1. The molecule has 2 rings (SSSR count). The summed E-state index contributed by atoms with van der Waals surface area (Å²) < 4.78 is 21.3. The molecule has 0 amide bonds. The van der Waals surface area contributed by atoms with Gasteiger partial charge in [-0.1, -0.05) is 0 Å². The molecule has 0 aromatic carbocycles. The van der Waals surface area contributed by atoms with E-state index in [0.29, 0.717) is 0 Å². The van der Waals surface area contributed by atoms with E-state index in [1.807, 2.05) is 0 Å². The lowest BCUT2D eigenvalue weighted by Crippen LogP contribution is -2.31. The van der Waals surface area contributed by atoms with Crippen LogP contribution in [0.5, 0.6) is 0 Å². The van der Waals surface area contributed by atoms with Gasteiger partial charge in [-0.2, -0.15) is 4.98 Å². The van der Waals surface area contributed by atoms with Crippen molar-refractivity contribution in [1.82, 2.24) is 9.55 Å². The number of nitrogens with two attached hydrogens (primary N) is 1. The molecule has 1 saturated heterocycles. The molecule has 3 atom stereocenters. The van der Waals surface area contributed by atoms with Crippen LogP contribution in [0.3, 0.4) is 0 Å². The van der Waals surface area contributed by atoms with Crippen LogP contribution in [0.15, 0.2) is 17.1 Å². The van der Waals surface area contributed by atoms with Crippen molar-refractivity contribution in [2.24, 2.45) is 0 Å². The highest BCUT2D eigenvalue weighted by molar-refractivity contribution is 7.46. The number of rotatable bonds is 4. The van der Waals surface area contributed by atoms with E-state index >= 15 is 0 Å². The molecule has 11 heteroatoms. The number of phosphoric ester groups is 1. The van der Waals surface area contributed by atoms with Crippen LogP contribution in [0.25, 0.3) is 0 Å². The van der Waals surface area contributed by atoms with E-state index < -0.39 is 38.6 Å². The molecule has 2 heterocycles. The topological polar surface area (TPSA) is 157 Å². The van der Waals surface area contributed by atoms with Gasteiger partial charge in [0.15, 0.2) is 6.23 Å². The summed E-state index contributed by atoms with van der Waals surface area (Å²) in [7, 11) is -4.60. The number of hydrogen-bond donors (Lipinski definition) is 4. The number of anilines is 1. The second kappa shape index (κ2) is 5.60. The molecule has 112 valence electrons. The lowest BCUT2D eigenvalue weighted by Gasteiger charge is -2.17. The third kappa shape index (κ3) is 3.63. The fraction of sp³-hybridized carbons (Fsp3) is 0.556. The maximum atomic E-state index is 11.6. The maximum Gasteiger partial charge on any atom is 0.469 e. The van der Waals surface area contributed by atoms with E-state index in [9.17, 15) is 14.5 Å². The summed E-state index contributed by atoms with van der Waals surface area (Å²) in [4.78, 5) is 32.3. The van der Waals surface area contributed by atoms with Crippen molar-refractivity contribution in [3.63, 3.8) is 0 Å². The monoisotopic (exact) mass is 307 g/mol. The molecule has 10 nitrogen and oxygen atoms in total. The number of aromatic nitrogens is 2. The molecule has 0 radical (unpaired) electrons. The Labute approximate surface area is 113 Å². The summed E-state index contributed by atoms with van der Waals surface area (Å²) >= 11 is 0. The molecule has 1 aliphatic heterocycles. The Morgan fingerprint density at radius 3 is 2.90 bits per heavy atom. The molecule has 1 aromatic heterocycles. The maximum absolute atomic E-state index is 11.6. The molecule has 0 spiro atoms. The second-order valence-electron chi connectivity index (χ2n) is 4.28. The zero-order valence-electron chi connectivity index (χ0n) is 10.2. The summed E-state index contributed by atoms with van der Waals surface area (Å²) in [6.45, 7) is -0.394. The first-order valence-corrected chi connectivity index (χ1v) is 7.17. The van der Waals surface area contributed by atoms with Gasteiger partial charge < -0.3 is 25.4 Å². The minimum absolute atomic E-state index is 0.0418. The summed E-state index contributed by atoms with van der Waals surface area (Å²) in [5.74, 6) is 0.0418. The van der Waals surface area contributed by atoms with Crippen LogP contribution in [0, 0.1) is 0 Å². The molecule has 1 aromatic rings. The van der Waals surface area contributed by atoms with E-state index in [2.05, 4.69) is 9.51 Å². The molecule has 5 N–H and O–H groups in total. The normalized spacial score (nSPS) is 26.9. The molecule has 0 saturated carbocycles. The van der Waals surface area contributed by atoms with E-state index in [-0.39, 0.29) is 12.2 Å². The summed E-state index contributed by atoms with van der Waals surface area (Å²) in [5.41, 5.74) is 4.66. The lowest BCUT2D eigenvalue weighted by molar-refractivity contribution is -0.0524. The Kier molecular flexibility index (Phi) is 4.23. The molecular formula is C9H14N3O7P. The molecule has 0 bridgehead atoms. The van der Waals surface area contributed by atoms with Gasteiger partial charge in [0.1, 0.15) is 11.9 Å². The van der Waals surface area contributed by atoms with Gasteiger partial charge in [-0.05, 0) is 6.07 Å². The van der Waals surface area contributed by atoms with Gasteiger partial charge >= 0.3 is 13.5 Å². The van der Waals surface area contributed by atoms with Crippen LogP contribution in [0.1, 0.15) is 12.6 Å². The number of phosphoric acid groups is 1. The van der Waals surface area contributed by atoms with Crippen molar-refractivity contribution in [3.05, 3.63) is 22.7 Å². The highest BCUT2D eigenvalue weighted by Gasteiger charge is 2.37. The third-order valence-corrected chi connectivity index (χ3v) is 3.21. The predicted molar refractivity (Wildman–Crippen MR) is 65.4 cm³/mol. The number of hydrogen-bond acceptors (Lipinski definition) is 7. The Hall–Kier alpha value is -1.29. The van der Waals surface area contributed by atoms with Crippen molar-refractivity contribution in [1.29, 1.82) is 0 Å². The molecule has 20 heavy (non-hydrogen) atoms. The van der Waals surface area contributed by atoms with Crippen molar-refractivity contribution in [2.75, 3.05) is 12.3 Å². The zero-order valence-corrected chi connectivity index (χ0v) is 11.1. The summed E-state index contributed by atoms with van der Waals surface area (Å²) in [6, 6.07) is 1.37. The third-order valence-electron chi connectivity index (χ3n) is 2.72. The lowest BCUT2D eigenvalue weighted by atomic mass is 10.2. The van der Waals surface area contributed by atoms with Gasteiger partial charge in [0.05, 0.1) is 12.7 Å². The van der Waals surface area contributed by atoms with Crippen molar-refractivity contribution < 1.29 is 28.7 Å². The standard InChI is InChI=1S/C9H14N3O7P/c10-7-1-2-12(9(14)11-7)8-6(13)3-5(19-8)4-18-20(15,16)17/h1-2,5-6,8,13H,3-4H2,(H2,10,11,14)(H2,15,16,17)/t5-,6?,8?/m0/s1. The Morgan fingerprint density at radius 1 is 1.60 bits per heavy atom. The van der Waals surface area contributed by atoms with Crippen LogP contribution >= 0.6 is 7.82 Å². The van der Waals surface area contributed by atoms with Gasteiger partial charge in [-0.25, -0.2) is 9.36 Å². The Morgan fingerprint density at radius 2 is 2.30 bits per heavy atom. The fourth-order valence-electron chi connectivity index (χ4n) is 1.89. The molecule has 2 unspecified atom stereocenters. The highest BCUT2D eigenvalue weighted by atomic mass is 31.2. The number of aliphatic hydroxyl groups excluding tert-OH is 1. The average molecular weight is 307 g/mol. The summed E-state index contributed by atoms with van der Waals surface area (Å²) in [5, 5.41) is 9.84. The Balaban J connectivity index is 2.07. The van der Waals surface area contributed by atoms with Crippen LogP contribution in [0.4, 0.5) is 5.82 Å². The summed E-state index contributed by atoms with van der Waals surface area (Å²) in [6.07, 6.45) is -1.37. The second-order valence-corrected chi connectivity index (χ2v) is 5.52. The van der Waals surface area contributed by atoms with E-state index in [1.54, 1.807) is 0 Å². The van der Waals surface area contributed by atoms with Crippen molar-refractivity contribution in [3.8, 4) is 0 Å². The molecule has 1 aliphatic rings. The fourth-order valence-corrected chi connectivity index (χ4v) is 2.25. The smallest absolute Gasteiger partial charge is 0.388 e. The largest absolute Gasteiger partial charge is 0.469 e. The minimum atomic E-state index is -4.60. The van der Waals surface area contributed by atoms with E-state index in [1.165, 1.54) is 12.3 Å². The molecule has 1 fully saturated rings. The first-order chi connectivity index (χ1) is 9.26. The SMILES string of the molecule is Nc1ccn(C2O[C@H](COP(=O)(O)O)CC2O)c(=O)n1. The van der Waals surface area contributed by atoms with Crippen LogP contribution in [-0.4, -0.2) is 43.3 Å². The molecule has 0 aliphatic carbocycles. The van der Waals surface area contributed by atoms with Gasteiger partial charge in [0, 0.05) is 12.6 Å². The zero-order chi connectivity index (χ0) is 14.9. The number of nitrogens with zero attached hydrogens (tertiary/aromatic N) is 2. The highest BCUT2D eigenvalue weighted by Crippen LogP contribution is 2.38.